The van der Waals surface area contributed by atoms with E-state index in [0.717, 1.165) is 38.3 Å². The van der Waals surface area contributed by atoms with Crippen LogP contribution in [-0.4, -0.2) is 50.9 Å². The molecule has 5 nitrogen and oxygen atoms in total. The van der Waals surface area contributed by atoms with Gasteiger partial charge in [0.2, 0.25) is 10.0 Å². The maximum atomic E-state index is 12.9. The fourth-order valence-corrected chi connectivity index (χ4v) is 5.51. The van der Waals surface area contributed by atoms with E-state index >= 15 is 0 Å². The van der Waals surface area contributed by atoms with Crippen LogP contribution in [0.3, 0.4) is 0 Å². The highest BCUT2D eigenvalue weighted by atomic mass is 32.2. The summed E-state index contributed by atoms with van der Waals surface area (Å²) in [5.74, 6) is 0. The third-order valence-corrected chi connectivity index (χ3v) is 7.79. The Morgan fingerprint density at radius 3 is 1.91 bits per heavy atom. The van der Waals surface area contributed by atoms with Gasteiger partial charge in [0.15, 0.2) is 0 Å². The van der Waals surface area contributed by atoms with E-state index in [1.54, 1.807) is 24.3 Å². The van der Waals surface area contributed by atoms with Gasteiger partial charge in [-0.15, -0.1) is 0 Å². The molecule has 3 aromatic carbocycles. The average Bonchev–Trinajstić information content (AvgIpc) is 2.85. The largest absolute Gasteiger partial charge is 0.297 e. The maximum absolute atomic E-state index is 12.9. The van der Waals surface area contributed by atoms with Crippen LogP contribution in [0.2, 0.25) is 0 Å². The van der Waals surface area contributed by atoms with Crippen molar-refractivity contribution >= 4 is 10.0 Å². The summed E-state index contributed by atoms with van der Waals surface area (Å²) in [4.78, 5) is 5.17. The zero-order valence-electron chi connectivity index (χ0n) is 18.5. The van der Waals surface area contributed by atoms with Crippen LogP contribution in [0.25, 0.3) is 0 Å². The minimum absolute atomic E-state index is 0.295. The number of nitrogens with one attached hydrogen (secondary N) is 1. The highest BCUT2D eigenvalue weighted by Crippen LogP contribution is 2.29. The second kappa shape index (κ2) is 9.96. The molecule has 1 fully saturated rings. The molecule has 1 aliphatic heterocycles. The van der Waals surface area contributed by atoms with E-state index in [1.807, 2.05) is 30.3 Å². The number of rotatable bonds is 8. The Morgan fingerprint density at radius 2 is 1.31 bits per heavy atom. The summed E-state index contributed by atoms with van der Waals surface area (Å²) in [7, 11) is -3.58. The van der Waals surface area contributed by atoms with Gasteiger partial charge in [0.25, 0.3) is 0 Å². The Balaban J connectivity index is 1.49. The van der Waals surface area contributed by atoms with Gasteiger partial charge < -0.3 is 0 Å². The molecule has 1 aliphatic rings. The van der Waals surface area contributed by atoms with E-state index in [4.69, 9.17) is 0 Å². The Labute approximate surface area is 191 Å². The molecule has 1 saturated heterocycles. The van der Waals surface area contributed by atoms with Crippen LogP contribution in [0.1, 0.15) is 18.1 Å². The smallest absolute Gasteiger partial charge is 0.240 e. The molecule has 0 unspecified atom stereocenters. The standard InChI is InChI=1S/C26H31N3O2S/c1-26(24-13-7-3-8-14-24,22-27-32(30,31)25-15-9-4-10-16-25)29-19-17-28(18-20-29)21-23-11-5-2-6-12-23/h2-16,27H,17-22H2,1H3/t26-/m1/s1. The molecule has 0 spiro atoms. The van der Waals surface area contributed by atoms with Gasteiger partial charge in [-0.3, -0.25) is 9.80 Å². The summed E-state index contributed by atoms with van der Waals surface area (Å²) in [6, 6.07) is 29.3. The third kappa shape index (κ3) is 5.27. The van der Waals surface area contributed by atoms with Crippen molar-refractivity contribution in [1.82, 2.24) is 14.5 Å². The lowest BCUT2D eigenvalue weighted by Gasteiger charge is -2.46. The zero-order valence-corrected chi connectivity index (χ0v) is 19.3. The van der Waals surface area contributed by atoms with E-state index in [1.165, 1.54) is 5.56 Å². The molecule has 0 saturated carbocycles. The van der Waals surface area contributed by atoms with Crippen molar-refractivity contribution in [3.63, 3.8) is 0 Å². The van der Waals surface area contributed by atoms with Crippen molar-refractivity contribution in [2.24, 2.45) is 0 Å². The number of sulfonamides is 1. The lowest BCUT2D eigenvalue weighted by atomic mass is 9.89. The van der Waals surface area contributed by atoms with Crippen LogP contribution in [0.4, 0.5) is 0 Å². The molecule has 0 aliphatic carbocycles. The maximum Gasteiger partial charge on any atom is 0.240 e. The van der Waals surface area contributed by atoms with Crippen LogP contribution >= 0.6 is 0 Å². The number of hydrogen-bond donors (Lipinski definition) is 1. The molecule has 0 bridgehead atoms. The predicted molar refractivity (Wildman–Crippen MR) is 129 cm³/mol. The van der Waals surface area contributed by atoms with Crippen LogP contribution < -0.4 is 4.72 Å². The summed E-state index contributed by atoms with van der Waals surface area (Å²) in [6.07, 6.45) is 0. The van der Waals surface area contributed by atoms with E-state index < -0.39 is 15.6 Å². The first-order chi connectivity index (χ1) is 15.5. The lowest BCUT2D eigenvalue weighted by Crippen LogP contribution is -2.57. The zero-order chi connectivity index (χ0) is 22.4. The summed E-state index contributed by atoms with van der Waals surface area (Å²) in [6.45, 7) is 7.05. The van der Waals surface area contributed by atoms with Crippen LogP contribution in [0.5, 0.6) is 0 Å². The van der Waals surface area contributed by atoms with Crippen molar-refractivity contribution in [2.75, 3.05) is 32.7 Å². The second-order valence-corrected chi connectivity index (χ2v) is 10.3. The van der Waals surface area contributed by atoms with Crippen LogP contribution in [0, 0.1) is 0 Å². The molecule has 1 heterocycles. The van der Waals surface area contributed by atoms with Gasteiger partial charge in [0.1, 0.15) is 0 Å². The van der Waals surface area contributed by atoms with Crippen molar-refractivity contribution in [1.29, 1.82) is 0 Å². The Morgan fingerprint density at radius 1 is 0.781 bits per heavy atom. The normalized spacial score (nSPS) is 17.7. The first-order valence-corrected chi connectivity index (χ1v) is 12.6. The highest BCUT2D eigenvalue weighted by molar-refractivity contribution is 7.89. The van der Waals surface area contributed by atoms with Crippen molar-refractivity contribution in [3.05, 3.63) is 102 Å². The van der Waals surface area contributed by atoms with E-state index in [2.05, 4.69) is 57.8 Å². The molecule has 1 atom stereocenters. The molecular weight excluding hydrogens is 418 g/mol. The van der Waals surface area contributed by atoms with Gasteiger partial charge in [0.05, 0.1) is 10.4 Å². The first kappa shape index (κ1) is 22.7. The Hall–Kier alpha value is -2.51. The summed E-state index contributed by atoms with van der Waals surface area (Å²) in [5, 5.41) is 0. The molecule has 168 valence electrons. The summed E-state index contributed by atoms with van der Waals surface area (Å²) >= 11 is 0. The van der Waals surface area contributed by atoms with Gasteiger partial charge in [-0.05, 0) is 30.2 Å². The predicted octanol–water partition coefficient (Wildman–Crippen LogP) is 3.70. The van der Waals surface area contributed by atoms with Gasteiger partial charge >= 0.3 is 0 Å². The van der Waals surface area contributed by atoms with Crippen molar-refractivity contribution in [2.45, 2.75) is 23.9 Å². The topological polar surface area (TPSA) is 52.7 Å². The number of benzene rings is 3. The van der Waals surface area contributed by atoms with E-state index in [9.17, 15) is 8.42 Å². The van der Waals surface area contributed by atoms with Gasteiger partial charge in [0, 0.05) is 39.3 Å². The molecule has 6 heteroatoms. The van der Waals surface area contributed by atoms with Crippen molar-refractivity contribution in [3.8, 4) is 0 Å². The monoisotopic (exact) mass is 449 g/mol. The minimum atomic E-state index is -3.58. The SMILES string of the molecule is C[C@@](CNS(=O)(=O)c1ccccc1)(c1ccccc1)N1CCN(Cc2ccccc2)CC1. The van der Waals surface area contributed by atoms with Crippen LogP contribution in [0.15, 0.2) is 95.9 Å². The number of piperazine rings is 1. The quantitative estimate of drug-likeness (QED) is 0.570. The van der Waals surface area contributed by atoms with Crippen LogP contribution in [-0.2, 0) is 22.1 Å². The molecule has 0 radical (unpaired) electrons. The van der Waals surface area contributed by atoms with Gasteiger partial charge in [-0.2, -0.15) is 0 Å². The molecule has 0 aromatic heterocycles. The minimum Gasteiger partial charge on any atom is -0.297 e. The summed E-state index contributed by atoms with van der Waals surface area (Å²) < 4.78 is 28.7. The van der Waals surface area contributed by atoms with Crippen molar-refractivity contribution < 1.29 is 8.42 Å². The molecule has 0 amide bonds. The molecule has 32 heavy (non-hydrogen) atoms. The Kier molecular flexibility index (Phi) is 7.06. The lowest BCUT2D eigenvalue weighted by molar-refractivity contribution is 0.0397. The number of hydrogen-bond acceptors (Lipinski definition) is 4. The second-order valence-electron chi connectivity index (χ2n) is 8.53. The molecule has 4 rings (SSSR count). The Bertz CT molecular complexity index is 1080. The van der Waals surface area contributed by atoms with Gasteiger partial charge in [-0.1, -0.05) is 78.9 Å². The fourth-order valence-electron chi connectivity index (χ4n) is 4.35. The highest BCUT2D eigenvalue weighted by Gasteiger charge is 2.36. The van der Waals surface area contributed by atoms with Gasteiger partial charge in [-0.25, -0.2) is 13.1 Å². The average molecular weight is 450 g/mol. The first-order valence-electron chi connectivity index (χ1n) is 11.1. The molecule has 3 aromatic rings. The fraction of sp³-hybridized carbons (Fsp3) is 0.308. The summed E-state index contributed by atoms with van der Waals surface area (Å²) in [5.41, 5.74) is 2.00. The van der Waals surface area contributed by atoms with E-state index in [-0.39, 0.29) is 0 Å². The third-order valence-electron chi connectivity index (χ3n) is 6.37. The van der Waals surface area contributed by atoms with E-state index in [0.29, 0.717) is 11.4 Å². The molecule has 1 N–H and O–H groups in total. The molecular formula is C26H31N3O2S. The number of nitrogens with zero attached hydrogens (tertiary/aromatic N) is 2.